The van der Waals surface area contributed by atoms with E-state index in [9.17, 15) is 23.2 Å². The fourth-order valence-corrected chi connectivity index (χ4v) is 2.61. The monoisotopic (exact) mass is 394 g/mol. The van der Waals surface area contributed by atoms with E-state index < -0.39 is 23.4 Å². The van der Waals surface area contributed by atoms with Crippen LogP contribution < -0.4 is 10.6 Å². The molecule has 0 aliphatic heterocycles. The van der Waals surface area contributed by atoms with Crippen LogP contribution in [-0.2, 0) is 0 Å². The molecule has 146 valence electrons. The summed E-state index contributed by atoms with van der Waals surface area (Å²) in [6.45, 7) is 1.42. The van der Waals surface area contributed by atoms with Gasteiger partial charge in [-0.2, -0.15) is 0 Å². The number of hydrogen-bond acceptors (Lipinski definition) is 3. The predicted octanol–water partition coefficient (Wildman–Crippen LogP) is 4.67. The Kier molecular flexibility index (Phi) is 5.78. The van der Waals surface area contributed by atoms with Gasteiger partial charge >= 0.3 is 0 Å². The third-order valence-electron chi connectivity index (χ3n) is 4.09. The molecule has 0 saturated carbocycles. The van der Waals surface area contributed by atoms with E-state index in [4.69, 9.17) is 0 Å². The van der Waals surface area contributed by atoms with Crippen molar-refractivity contribution in [2.75, 3.05) is 10.6 Å². The van der Waals surface area contributed by atoms with Crippen LogP contribution in [-0.4, -0.2) is 17.6 Å². The lowest BCUT2D eigenvalue weighted by atomic mass is 10.1. The van der Waals surface area contributed by atoms with Crippen LogP contribution in [0.2, 0.25) is 0 Å². The molecule has 3 aromatic carbocycles. The van der Waals surface area contributed by atoms with Crippen molar-refractivity contribution in [2.24, 2.45) is 0 Å². The molecule has 0 saturated heterocycles. The summed E-state index contributed by atoms with van der Waals surface area (Å²) in [4.78, 5) is 36.3. The highest BCUT2D eigenvalue weighted by atomic mass is 19.1. The van der Waals surface area contributed by atoms with Gasteiger partial charge in [-0.1, -0.05) is 18.2 Å². The summed E-state index contributed by atoms with van der Waals surface area (Å²) in [5.41, 5.74) is 1.04. The number of rotatable bonds is 5. The lowest BCUT2D eigenvalue weighted by molar-refractivity contribution is 0.100. The molecule has 7 heteroatoms. The van der Waals surface area contributed by atoms with E-state index in [1.165, 1.54) is 31.2 Å². The number of Topliss-reactive ketones (excluding diaryl/α,β-unsaturated/α-hetero) is 1. The molecular weight excluding hydrogens is 378 g/mol. The number of nitrogens with one attached hydrogen (secondary N) is 2. The van der Waals surface area contributed by atoms with Gasteiger partial charge in [0, 0.05) is 28.4 Å². The van der Waals surface area contributed by atoms with E-state index in [0.717, 1.165) is 12.1 Å². The van der Waals surface area contributed by atoms with E-state index in [1.807, 2.05) is 0 Å². The Morgan fingerprint density at radius 2 is 1.34 bits per heavy atom. The average molecular weight is 394 g/mol. The molecule has 3 aromatic rings. The fraction of sp³-hybridized carbons (Fsp3) is 0.0455. The maximum absolute atomic E-state index is 13.7. The van der Waals surface area contributed by atoms with Crippen molar-refractivity contribution in [2.45, 2.75) is 6.92 Å². The van der Waals surface area contributed by atoms with Crippen molar-refractivity contribution in [3.05, 3.63) is 95.1 Å². The van der Waals surface area contributed by atoms with E-state index in [-0.39, 0.29) is 22.6 Å². The van der Waals surface area contributed by atoms with Gasteiger partial charge in [0.15, 0.2) is 5.78 Å². The third kappa shape index (κ3) is 4.90. The molecule has 3 rings (SSSR count). The van der Waals surface area contributed by atoms with Crippen LogP contribution in [0.1, 0.15) is 38.0 Å². The number of halogens is 2. The SMILES string of the molecule is CC(=O)c1cccc(NC(=O)c2cccc(C(=O)Nc3ccc(F)cc3F)c2)c1. The second kappa shape index (κ2) is 8.43. The lowest BCUT2D eigenvalue weighted by Gasteiger charge is -2.09. The van der Waals surface area contributed by atoms with Gasteiger partial charge in [-0.05, 0) is 49.4 Å². The van der Waals surface area contributed by atoms with Crippen molar-refractivity contribution >= 4 is 29.0 Å². The zero-order valence-electron chi connectivity index (χ0n) is 15.3. The van der Waals surface area contributed by atoms with Crippen LogP contribution in [0.4, 0.5) is 20.2 Å². The topological polar surface area (TPSA) is 75.3 Å². The number of amides is 2. The highest BCUT2D eigenvalue weighted by molar-refractivity contribution is 6.09. The zero-order chi connectivity index (χ0) is 21.0. The molecule has 0 atom stereocenters. The quantitative estimate of drug-likeness (QED) is 0.618. The minimum absolute atomic E-state index is 0.124. The summed E-state index contributed by atoms with van der Waals surface area (Å²) in [6, 6.07) is 15.1. The Bertz CT molecular complexity index is 1110. The van der Waals surface area contributed by atoms with Gasteiger partial charge < -0.3 is 10.6 Å². The van der Waals surface area contributed by atoms with Crippen LogP contribution in [0.25, 0.3) is 0 Å². The van der Waals surface area contributed by atoms with Crippen LogP contribution in [0, 0.1) is 11.6 Å². The second-order valence-electron chi connectivity index (χ2n) is 6.25. The summed E-state index contributed by atoms with van der Waals surface area (Å²) < 4.78 is 26.7. The van der Waals surface area contributed by atoms with Crippen LogP contribution in [0.15, 0.2) is 66.7 Å². The Hall–Kier alpha value is -3.87. The lowest BCUT2D eigenvalue weighted by Crippen LogP contribution is -2.16. The van der Waals surface area contributed by atoms with Gasteiger partial charge in [-0.15, -0.1) is 0 Å². The molecule has 0 aliphatic carbocycles. The van der Waals surface area contributed by atoms with Gasteiger partial charge in [0.2, 0.25) is 0 Å². The molecule has 0 aromatic heterocycles. The second-order valence-corrected chi connectivity index (χ2v) is 6.25. The standard InChI is InChI=1S/C22H16F2N2O3/c1-13(27)14-4-3-7-18(11-14)25-21(28)15-5-2-6-16(10-15)22(29)26-20-9-8-17(23)12-19(20)24/h2-12H,1H3,(H,25,28)(H,26,29). The van der Waals surface area contributed by atoms with Gasteiger partial charge in [-0.25, -0.2) is 8.78 Å². The predicted molar refractivity (Wildman–Crippen MR) is 105 cm³/mol. The van der Waals surface area contributed by atoms with Crippen molar-refractivity contribution in [1.82, 2.24) is 0 Å². The molecule has 0 fully saturated rings. The normalized spacial score (nSPS) is 10.3. The van der Waals surface area contributed by atoms with Gasteiger partial charge in [0.25, 0.3) is 11.8 Å². The molecule has 0 unspecified atom stereocenters. The van der Waals surface area contributed by atoms with Crippen LogP contribution >= 0.6 is 0 Å². The molecule has 2 amide bonds. The number of carbonyl (C=O) groups is 3. The molecule has 5 nitrogen and oxygen atoms in total. The third-order valence-corrected chi connectivity index (χ3v) is 4.09. The summed E-state index contributed by atoms with van der Waals surface area (Å²) >= 11 is 0. The van der Waals surface area contributed by atoms with Crippen LogP contribution in [0.5, 0.6) is 0 Å². The molecule has 2 N–H and O–H groups in total. The number of carbonyl (C=O) groups excluding carboxylic acids is 3. The van der Waals surface area contributed by atoms with Crippen molar-refractivity contribution < 1.29 is 23.2 Å². The van der Waals surface area contributed by atoms with E-state index in [0.29, 0.717) is 17.3 Å². The number of anilines is 2. The molecule has 29 heavy (non-hydrogen) atoms. The Morgan fingerprint density at radius 3 is 2.00 bits per heavy atom. The first-order valence-corrected chi connectivity index (χ1v) is 8.62. The minimum atomic E-state index is -0.905. The molecule has 0 spiro atoms. The van der Waals surface area contributed by atoms with Crippen molar-refractivity contribution in [3.8, 4) is 0 Å². The number of ketones is 1. The largest absolute Gasteiger partial charge is 0.322 e. The molecule has 0 bridgehead atoms. The number of hydrogen-bond donors (Lipinski definition) is 2. The van der Waals surface area contributed by atoms with E-state index >= 15 is 0 Å². The first kappa shape index (κ1) is 19.9. The first-order valence-electron chi connectivity index (χ1n) is 8.62. The van der Waals surface area contributed by atoms with Gasteiger partial charge in [-0.3, -0.25) is 14.4 Å². The summed E-state index contributed by atoms with van der Waals surface area (Å²) in [5, 5.41) is 5.00. The Balaban J connectivity index is 1.76. The maximum atomic E-state index is 13.7. The molecular formula is C22H16F2N2O3. The minimum Gasteiger partial charge on any atom is -0.322 e. The Labute approximate surface area is 165 Å². The molecule has 0 heterocycles. The van der Waals surface area contributed by atoms with Crippen molar-refractivity contribution in [3.63, 3.8) is 0 Å². The molecule has 0 aliphatic rings. The first-order chi connectivity index (χ1) is 13.8. The average Bonchev–Trinajstić information content (AvgIpc) is 2.70. The summed E-state index contributed by atoms with van der Waals surface area (Å²) in [7, 11) is 0. The van der Waals surface area contributed by atoms with Gasteiger partial charge in [0.1, 0.15) is 11.6 Å². The maximum Gasteiger partial charge on any atom is 0.255 e. The highest BCUT2D eigenvalue weighted by Gasteiger charge is 2.13. The van der Waals surface area contributed by atoms with Gasteiger partial charge in [0.05, 0.1) is 5.69 Å². The van der Waals surface area contributed by atoms with E-state index in [1.54, 1.807) is 24.3 Å². The smallest absolute Gasteiger partial charge is 0.255 e. The highest BCUT2D eigenvalue weighted by Crippen LogP contribution is 2.17. The molecule has 0 radical (unpaired) electrons. The fourth-order valence-electron chi connectivity index (χ4n) is 2.61. The van der Waals surface area contributed by atoms with Crippen LogP contribution in [0.3, 0.4) is 0 Å². The van der Waals surface area contributed by atoms with Crippen molar-refractivity contribution in [1.29, 1.82) is 0 Å². The number of benzene rings is 3. The summed E-state index contributed by atoms with van der Waals surface area (Å²) in [6.07, 6.45) is 0. The van der Waals surface area contributed by atoms with E-state index in [2.05, 4.69) is 10.6 Å². The zero-order valence-corrected chi connectivity index (χ0v) is 15.3. The summed E-state index contributed by atoms with van der Waals surface area (Å²) in [5.74, 6) is -2.92. The Morgan fingerprint density at radius 1 is 0.724 bits per heavy atom.